The molecule has 0 atom stereocenters. The van der Waals surface area contributed by atoms with Crippen LogP contribution in [0, 0.1) is 0 Å². The smallest absolute Gasteiger partial charge is 0.287 e. The topological polar surface area (TPSA) is 76.4 Å². The second kappa shape index (κ2) is 7.76. The average molecular weight is 390 g/mol. The number of rotatable bonds is 6. The molecular formula is C19H16ClNO4S. The predicted molar refractivity (Wildman–Crippen MR) is 98.7 cm³/mol. The van der Waals surface area contributed by atoms with Gasteiger partial charge < -0.3 is 9.73 Å². The molecular weight excluding hydrogens is 374 g/mol. The normalized spacial score (nSPS) is 11.3. The number of benzene rings is 2. The molecule has 0 saturated heterocycles. The SMILES string of the molecule is O=C(NCc1ccccc1)c1ccc(CS(=O)(=O)c2ccc(Cl)cc2)o1. The second-order valence-corrected chi connectivity index (χ2v) is 8.07. The third kappa shape index (κ3) is 4.53. The van der Waals surface area contributed by atoms with Crippen molar-refractivity contribution in [1.29, 1.82) is 0 Å². The molecule has 26 heavy (non-hydrogen) atoms. The van der Waals surface area contributed by atoms with E-state index in [0.717, 1.165) is 5.56 Å². The van der Waals surface area contributed by atoms with Gasteiger partial charge in [0.25, 0.3) is 5.91 Å². The highest BCUT2D eigenvalue weighted by Gasteiger charge is 2.19. The average Bonchev–Trinajstić information content (AvgIpc) is 3.09. The van der Waals surface area contributed by atoms with Gasteiger partial charge in [-0.05, 0) is 42.0 Å². The quantitative estimate of drug-likeness (QED) is 0.695. The lowest BCUT2D eigenvalue weighted by Crippen LogP contribution is -2.22. The summed E-state index contributed by atoms with van der Waals surface area (Å²) in [6.45, 7) is 0.360. The molecule has 0 aliphatic rings. The van der Waals surface area contributed by atoms with Crippen molar-refractivity contribution in [3.8, 4) is 0 Å². The van der Waals surface area contributed by atoms with Crippen LogP contribution in [0.3, 0.4) is 0 Å². The number of nitrogens with one attached hydrogen (secondary N) is 1. The summed E-state index contributed by atoms with van der Waals surface area (Å²) in [7, 11) is -3.58. The number of sulfone groups is 1. The first-order valence-corrected chi connectivity index (χ1v) is 9.86. The molecule has 0 unspecified atom stereocenters. The highest BCUT2D eigenvalue weighted by Crippen LogP contribution is 2.20. The summed E-state index contributed by atoms with van der Waals surface area (Å²) in [4.78, 5) is 12.3. The molecule has 7 heteroatoms. The fraction of sp³-hybridized carbons (Fsp3) is 0.105. The molecule has 1 N–H and O–H groups in total. The molecule has 1 aromatic heterocycles. The van der Waals surface area contributed by atoms with Gasteiger partial charge in [0.05, 0.1) is 4.90 Å². The fourth-order valence-corrected chi connectivity index (χ4v) is 3.73. The number of carbonyl (C=O) groups excluding carboxylic acids is 1. The van der Waals surface area contributed by atoms with Gasteiger partial charge >= 0.3 is 0 Å². The van der Waals surface area contributed by atoms with Gasteiger partial charge in [-0.1, -0.05) is 41.9 Å². The first-order valence-electron chi connectivity index (χ1n) is 7.83. The van der Waals surface area contributed by atoms with Crippen LogP contribution >= 0.6 is 11.6 Å². The molecule has 5 nitrogen and oxygen atoms in total. The number of amides is 1. The zero-order valence-corrected chi connectivity index (χ0v) is 15.3. The van der Waals surface area contributed by atoms with E-state index in [1.165, 1.54) is 36.4 Å². The van der Waals surface area contributed by atoms with Crippen LogP contribution in [0.4, 0.5) is 0 Å². The Bertz CT molecular complexity index is 996. The number of hydrogen-bond acceptors (Lipinski definition) is 4. The van der Waals surface area contributed by atoms with Crippen LogP contribution in [0.15, 0.2) is 76.0 Å². The van der Waals surface area contributed by atoms with Crippen LogP contribution in [-0.2, 0) is 22.1 Å². The van der Waals surface area contributed by atoms with E-state index in [1.807, 2.05) is 30.3 Å². The van der Waals surface area contributed by atoms with Crippen molar-refractivity contribution in [2.75, 3.05) is 0 Å². The maximum absolute atomic E-state index is 12.4. The maximum atomic E-state index is 12.4. The van der Waals surface area contributed by atoms with Crippen LogP contribution < -0.4 is 5.32 Å². The number of carbonyl (C=O) groups is 1. The van der Waals surface area contributed by atoms with Gasteiger partial charge in [-0.15, -0.1) is 0 Å². The molecule has 0 bridgehead atoms. The van der Waals surface area contributed by atoms with Gasteiger partial charge in [0.2, 0.25) is 0 Å². The van der Waals surface area contributed by atoms with Crippen molar-refractivity contribution in [2.24, 2.45) is 0 Å². The van der Waals surface area contributed by atoms with Crippen molar-refractivity contribution < 1.29 is 17.6 Å². The Hall–Kier alpha value is -2.57. The summed E-state index contributed by atoms with van der Waals surface area (Å²) in [5.74, 6) is -0.461. The Morgan fingerprint density at radius 1 is 0.962 bits per heavy atom. The van der Waals surface area contributed by atoms with E-state index in [-0.39, 0.29) is 22.2 Å². The van der Waals surface area contributed by atoms with Crippen LogP contribution in [0.5, 0.6) is 0 Å². The van der Waals surface area contributed by atoms with Gasteiger partial charge in [0.15, 0.2) is 15.6 Å². The van der Waals surface area contributed by atoms with Gasteiger partial charge in [0.1, 0.15) is 11.5 Å². The van der Waals surface area contributed by atoms with Crippen molar-refractivity contribution in [3.05, 3.63) is 88.8 Å². The second-order valence-electron chi connectivity index (χ2n) is 5.65. The van der Waals surface area contributed by atoms with Crippen molar-refractivity contribution in [2.45, 2.75) is 17.2 Å². The molecule has 3 rings (SSSR count). The van der Waals surface area contributed by atoms with E-state index in [2.05, 4.69) is 5.32 Å². The third-order valence-electron chi connectivity index (χ3n) is 3.69. The van der Waals surface area contributed by atoms with Gasteiger partial charge in [-0.25, -0.2) is 8.42 Å². The van der Waals surface area contributed by atoms with Gasteiger partial charge in [0, 0.05) is 11.6 Å². The van der Waals surface area contributed by atoms with Crippen LogP contribution in [0.1, 0.15) is 21.9 Å². The molecule has 2 aromatic carbocycles. The summed E-state index contributed by atoms with van der Waals surface area (Å²) in [5.41, 5.74) is 0.956. The Labute approximate surface area is 156 Å². The Balaban J connectivity index is 1.65. The van der Waals surface area contributed by atoms with E-state index in [1.54, 1.807) is 0 Å². The minimum Gasteiger partial charge on any atom is -0.455 e. The molecule has 1 heterocycles. The monoisotopic (exact) mass is 389 g/mol. The fourth-order valence-electron chi connectivity index (χ4n) is 2.36. The third-order valence-corrected chi connectivity index (χ3v) is 5.59. The summed E-state index contributed by atoms with van der Waals surface area (Å²) in [6, 6.07) is 18.3. The number of furan rings is 1. The molecule has 0 spiro atoms. The standard InChI is InChI=1S/C19H16ClNO4S/c20-15-6-9-17(10-7-15)26(23,24)13-16-8-11-18(25-16)19(22)21-12-14-4-2-1-3-5-14/h1-11H,12-13H2,(H,21,22). The summed E-state index contributed by atoms with van der Waals surface area (Å²) >= 11 is 5.78. The van der Waals surface area contributed by atoms with E-state index in [0.29, 0.717) is 11.6 Å². The van der Waals surface area contributed by atoms with E-state index in [9.17, 15) is 13.2 Å². The molecule has 0 fully saturated rings. The van der Waals surface area contributed by atoms with Crippen molar-refractivity contribution in [1.82, 2.24) is 5.32 Å². The zero-order valence-electron chi connectivity index (χ0n) is 13.7. The lowest BCUT2D eigenvalue weighted by molar-refractivity contribution is 0.0921. The molecule has 0 aliphatic carbocycles. The lowest BCUT2D eigenvalue weighted by Gasteiger charge is -2.04. The Kier molecular flexibility index (Phi) is 5.44. The summed E-state index contributed by atoms with van der Waals surface area (Å²) in [6.07, 6.45) is 0. The molecule has 3 aromatic rings. The maximum Gasteiger partial charge on any atom is 0.287 e. The summed E-state index contributed by atoms with van der Waals surface area (Å²) in [5, 5.41) is 3.19. The lowest BCUT2D eigenvalue weighted by atomic mass is 10.2. The molecule has 0 saturated carbocycles. The minimum atomic E-state index is -3.58. The van der Waals surface area contributed by atoms with E-state index in [4.69, 9.17) is 16.0 Å². The highest BCUT2D eigenvalue weighted by atomic mass is 35.5. The van der Waals surface area contributed by atoms with Gasteiger partial charge in [-0.3, -0.25) is 4.79 Å². The summed E-state index contributed by atoms with van der Waals surface area (Å²) < 4.78 is 30.2. The first kappa shape index (κ1) is 18.2. The van der Waals surface area contributed by atoms with E-state index >= 15 is 0 Å². The van der Waals surface area contributed by atoms with Gasteiger partial charge in [-0.2, -0.15) is 0 Å². The minimum absolute atomic E-state index is 0.0715. The largest absolute Gasteiger partial charge is 0.455 e. The van der Waals surface area contributed by atoms with Crippen LogP contribution in [0.25, 0.3) is 0 Å². The van der Waals surface area contributed by atoms with Crippen LogP contribution in [0.2, 0.25) is 5.02 Å². The molecule has 134 valence electrons. The zero-order chi connectivity index (χ0) is 18.6. The molecule has 0 aliphatic heterocycles. The molecule has 0 radical (unpaired) electrons. The number of halogens is 1. The molecule has 1 amide bonds. The van der Waals surface area contributed by atoms with Crippen molar-refractivity contribution >= 4 is 27.3 Å². The Morgan fingerprint density at radius 2 is 1.65 bits per heavy atom. The Morgan fingerprint density at radius 3 is 2.35 bits per heavy atom. The highest BCUT2D eigenvalue weighted by molar-refractivity contribution is 7.90. The number of hydrogen-bond donors (Lipinski definition) is 1. The van der Waals surface area contributed by atoms with E-state index < -0.39 is 15.7 Å². The predicted octanol–water partition coefficient (Wildman–Crippen LogP) is 3.84. The van der Waals surface area contributed by atoms with Crippen molar-refractivity contribution in [3.63, 3.8) is 0 Å². The first-order chi connectivity index (χ1) is 12.4. The van der Waals surface area contributed by atoms with Crippen LogP contribution in [-0.4, -0.2) is 14.3 Å².